The predicted octanol–water partition coefficient (Wildman–Crippen LogP) is 3.18. The third kappa shape index (κ3) is 3.51. The number of rotatable bonds is 4. The van der Waals surface area contributed by atoms with Gasteiger partial charge in [0.1, 0.15) is 16.5 Å². The van der Waals surface area contributed by atoms with E-state index in [2.05, 4.69) is 15.2 Å². The molecule has 0 fully saturated rings. The van der Waals surface area contributed by atoms with E-state index in [0.29, 0.717) is 28.3 Å². The summed E-state index contributed by atoms with van der Waals surface area (Å²) in [6.07, 6.45) is 0. The summed E-state index contributed by atoms with van der Waals surface area (Å²) in [4.78, 5) is 4.30. The molecular weight excluding hydrogens is 414 g/mol. The van der Waals surface area contributed by atoms with Crippen molar-refractivity contribution >= 4 is 38.5 Å². The number of H-pyrrole nitrogens is 1. The van der Waals surface area contributed by atoms with Gasteiger partial charge < -0.3 is 10.5 Å². The number of pyridine rings is 1. The van der Waals surface area contributed by atoms with Crippen molar-refractivity contribution < 1.29 is 13.2 Å². The SMILES string of the molecule is COc1cc(-c2ccc(-c3ccc4c(N)[nH]nc4n3)cc2)c(Cl)c(S(N)(=O)=O)c1. The van der Waals surface area contributed by atoms with Gasteiger partial charge in [-0.3, -0.25) is 5.10 Å². The van der Waals surface area contributed by atoms with Crippen molar-refractivity contribution in [3.8, 4) is 28.1 Å². The van der Waals surface area contributed by atoms with Crippen molar-refractivity contribution in [2.45, 2.75) is 4.90 Å². The van der Waals surface area contributed by atoms with E-state index in [4.69, 9.17) is 27.2 Å². The van der Waals surface area contributed by atoms with Gasteiger partial charge in [-0.15, -0.1) is 0 Å². The molecular formula is C19H16ClN5O3S. The van der Waals surface area contributed by atoms with E-state index in [0.717, 1.165) is 16.6 Å². The number of primary sulfonamides is 1. The van der Waals surface area contributed by atoms with E-state index < -0.39 is 10.0 Å². The zero-order valence-corrected chi connectivity index (χ0v) is 16.8. The number of ether oxygens (including phenoxy) is 1. The standard InChI is InChI=1S/C19H16ClN5O3S/c1-28-12-8-14(17(20)16(9-12)29(22,26)27)10-2-4-11(5-3-10)15-7-6-13-18(21)24-25-19(13)23-15/h2-9H,1H3,(H2,22,26,27)(H3,21,23,24,25). The number of nitrogens with one attached hydrogen (secondary N) is 1. The summed E-state index contributed by atoms with van der Waals surface area (Å²) in [6, 6.07) is 14.0. The molecule has 0 saturated carbocycles. The maximum atomic E-state index is 11.9. The summed E-state index contributed by atoms with van der Waals surface area (Å²) in [6.45, 7) is 0. The molecule has 0 amide bonds. The van der Waals surface area contributed by atoms with E-state index >= 15 is 0 Å². The number of anilines is 1. The van der Waals surface area contributed by atoms with E-state index in [9.17, 15) is 8.42 Å². The van der Waals surface area contributed by atoms with Gasteiger partial charge >= 0.3 is 0 Å². The van der Waals surface area contributed by atoms with Crippen molar-refractivity contribution in [3.05, 3.63) is 53.6 Å². The number of methoxy groups -OCH3 is 1. The number of aromatic nitrogens is 3. The van der Waals surface area contributed by atoms with Crippen LogP contribution in [0.25, 0.3) is 33.4 Å². The van der Waals surface area contributed by atoms with Crippen LogP contribution in [-0.4, -0.2) is 30.7 Å². The molecule has 4 aromatic rings. The normalized spacial score (nSPS) is 11.7. The number of nitrogens with zero attached hydrogens (tertiary/aromatic N) is 2. The van der Waals surface area contributed by atoms with Crippen molar-refractivity contribution in [2.24, 2.45) is 5.14 Å². The molecule has 5 N–H and O–H groups in total. The second-order valence-corrected chi connectivity index (χ2v) is 8.22. The first-order valence-corrected chi connectivity index (χ1v) is 10.3. The monoisotopic (exact) mass is 429 g/mol. The minimum absolute atomic E-state index is 0.0348. The van der Waals surface area contributed by atoms with Crippen LogP contribution in [0.2, 0.25) is 5.02 Å². The van der Waals surface area contributed by atoms with E-state index in [1.807, 2.05) is 36.4 Å². The van der Waals surface area contributed by atoms with Gasteiger partial charge in [-0.2, -0.15) is 5.10 Å². The first-order chi connectivity index (χ1) is 13.8. The third-order valence-electron chi connectivity index (χ3n) is 4.49. The number of fused-ring (bicyclic) bond motifs is 1. The van der Waals surface area contributed by atoms with Crippen LogP contribution in [0.15, 0.2) is 53.4 Å². The van der Waals surface area contributed by atoms with Gasteiger partial charge in [-0.05, 0) is 23.8 Å². The maximum Gasteiger partial charge on any atom is 0.239 e. The van der Waals surface area contributed by atoms with Gasteiger partial charge in [-0.1, -0.05) is 35.9 Å². The molecule has 29 heavy (non-hydrogen) atoms. The van der Waals surface area contributed by atoms with Gasteiger partial charge in [0.05, 0.1) is 23.2 Å². The number of nitrogens with two attached hydrogens (primary N) is 2. The molecule has 0 unspecified atom stereocenters. The summed E-state index contributed by atoms with van der Waals surface area (Å²) in [7, 11) is -2.57. The van der Waals surface area contributed by atoms with Crippen LogP contribution >= 0.6 is 11.6 Å². The summed E-state index contributed by atoms with van der Waals surface area (Å²) in [5, 5.41) is 12.8. The van der Waals surface area contributed by atoms with E-state index in [1.54, 1.807) is 6.07 Å². The Morgan fingerprint density at radius 1 is 1.07 bits per heavy atom. The molecule has 0 atom stereocenters. The molecule has 8 nitrogen and oxygen atoms in total. The first-order valence-electron chi connectivity index (χ1n) is 8.39. The summed E-state index contributed by atoms with van der Waals surface area (Å²) < 4.78 is 28.9. The Labute approximate surface area is 171 Å². The molecule has 2 heterocycles. The van der Waals surface area contributed by atoms with Gasteiger partial charge in [0.25, 0.3) is 0 Å². The topological polar surface area (TPSA) is 137 Å². The molecule has 0 spiro atoms. The largest absolute Gasteiger partial charge is 0.497 e. The molecule has 0 radical (unpaired) electrons. The number of sulfonamides is 1. The van der Waals surface area contributed by atoms with Crippen LogP contribution in [0.3, 0.4) is 0 Å². The van der Waals surface area contributed by atoms with Gasteiger partial charge in [0.2, 0.25) is 10.0 Å². The molecule has 0 aliphatic heterocycles. The molecule has 148 valence electrons. The fourth-order valence-electron chi connectivity index (χ4n) is 3.01. The lowest BCUT2D eigenvalue weighted by Crippen LogP contribution is -2.13. The number of aromatic amines is 1. The van der Waals surface area contributed by atoms with Crippen molar-refractivity contribution in [3.63, 3.8) is 0 Å². The Morgan fingerprint density at radius 2 is 1.76 bits per heavy atom. The lowest BCUT2D eigenvalue weighted by molar-refractivity contribution is 0.413. The lowest BCUT2D eigenvalue weighted by atomic mass is 10.0. The Kier molecular flexibility index (Phi) is 4.65. The van der Waals surface area contributed by atoms with Crippen molar-refractivity contribution in [1.82, 2.24) is 15.2 Å². The average Bonchev–Trinajstić information content (AvgIpc) is 3.08. The zero-order valence-electron chi connectivity index (χ0n) is 15.2. The van der Waals surface area contributed by atoms with Crippen LogP contribution in [0.1, 0.15) is 0 Å². The minimum atomic E-state index is -4.01. The van der Waals surface area contributed by atoms with Crippen LogP contribution in [-0.2, 0) is 10.0 Å². The van der Waals surface area contributed by atoms with E-state index in [-0.39, 0.29) is 9.92 Å². The van der Waals surface area contributed by atoms with Crippen LogP contribution in [0, 0.1) is 0 Å². The highest BCUT2D eigenvalue weighted by molar-refractivity contribution is 7.89. The van der Waals surface area contributed by atoms with E-state index in [1.165, 1.54) is 13.2 Å². The Hall–Kier alpha value is -3.14. The zero-order chi connectivity index (χ0) is 20.8. The molecule has 2 aromatic heterocycles. The Morgan fingerprint density at radius 3 is 2.41 bits per heavy atom. The first kappa shape index (κ1) is 19.2. The van der Waals surface area contributed by atoms with Crippen LogP contribution in [0.4, 0.5) is 5.82 Å². The summed E-state index contributed by atoms with van der Waals surface area (Å²) in [5.41, 5.74) is 9.09. The van der Waals surface area contributed by atoms with Gasteiger partial charge in [-0.25, -0.2) is 18.5 Å². The fraction of sp³-hybridized carbons (Fsp3) is 0.0526. The molecule has 4 rings (SSSR count). The smallest absolute Gasteiger partial charge is 0.239 e. The molecule has 10 heteroatoms. The highest BCUT2D eigenvalue weighted by atomic mass is 35.5. The number of hydrogen-bond acceptors (Lipinski definition) is 6. The summed E-state index contributed by atoms with van der Waals surface area (Å²) in [5.74, 6) is 0.800. The lowest BCUT2D eigenvalue weighted by Gasteiger charge is -2.12. The summed E-state index contributed by atoms with van der Waals surface area (Å²) >= 11 is 6.33. The molecule has 0 bridgehead atoms. The molecule has 0 saturated heterocycles. The van der Waals surface area contributed by atoms with Gasteiger partial charge in [0.15, 0.2) is 5.65 Å². The second kappa shape index (κ2) is 7.03. The Balaban J connectivity index is 1.77. The number of halogens is 1. The van der Waals surface area contributed by atoms with Crippen LogP contribution in [0.5, 0.6) is 5.75 Å². The molecule has 2 aromatic carbocycles. The third-order valence-corrected chi connectivity index (χ3v) is 5.95. The highest BCUT2D eigenvalue weighted by Crippen LogP contribution is 2.37. The fourth-order valence-corrected chi connectivity index (χ4v) is 4.19. The highest BCUT2D eigenvalue weighted by Gasteiger charge is 2.19. The Bertz CT molecular complexity index is 1330. The average molecular weight is 430 g/mol. The van der Waals surface area contributed by atoms with Crippen molar-refractivity contribution in [2.75, 3.05) is 12.8 Å². The minimum Gasteiger partial charge on any atom is -0.497 e. The second-order valence-electron chi connectivity index (χ2n) is 6.31. The number of nitrogen functional groups attached to an aromatic ring is 1. The predicted molar refractivity (Wildman–Crippen MR) is 112 cm³/mol. The van der Waals surface area contributed by atoms with Gasteiger partial charge in [0, 0.05) is 17.2 Å². The quantitative estimate of drug-likeness (QED) is 0.455. The molecule has 0 aliphatic carbocycles. The maximum absolute atomic E-state index is 11.9. The van der Waals surface area contributed by atoms with Crippen LogP contribution < -0.4 is 15.6 Å². The molecule has 0 aliphatic rings. The number of hydrogen-bond donors (Lipinski definition) is 3. The van der Waals surface area contributed by atoms with Crippen molar-refractivity contribution in [1.29, 1.82) is 0 Å². The number of benzene rings is 2.